The first-order valence-electron chi connectivity index (χ1n) is 3.39. The fourth-order valence-corrected chi connectivity index (χ4v) is 1.42. The lowest BCUT2D eigenvalue weighted by Crippen LogP contribution is -2.55. The van der Waals surface area contributed by atoms with Crippen LogP contribution in [0.25, 0.3) is 0 Å². The van der Waals surface area contributed by atoms with E-state index in [0.29, 0.717) is 5.41 Å². The first-order valence-corrected chi connectivity index (χ1v) is 3.92. The second-order valence-electron chi connectivity index (χ2n) is 3.55. The van der Waals surface area contributed by atoms with Crippen molar-refractivity contribution < 1.29 is 4.79 Å². The lowest BCUT2D eigenvalue weighted by molar-refractivity contribution is -0.138. The SMILES string of the molecule is CC1(C)CN(C(=O)CCl)C1. The normalized spacial score (nSPS) is 22.1. The highest BCUT2D eigenvalue weighted by molar-refractivity contribution is 6.27. The molecule has 1 saturated heterocycles. The Hall–Kier alpha value is -0.240. The molecule has 1 aliphatic rings. The number of likely N-dealkylation sites (tertiary alicyclic amines) is 1. The average molecular weight is 162 g/mol. The number of halogens is 1. The van der Waals surface area contributed by atoms with Gasteiger partial charge < -0.3 is 4.90 Å². The second-order valence-corrected chi connectivity index (χ2v) is 3.81. The zero-order valence-electron chi connectivity index (χ0n) is 6.35. The Morgan fingerprint density at radius 2 is 2.10 bits per heavy atom. The van der Waals surface area contributed by atoms with Crippen molar-refractivity contribution in [1.29, 1.82) is 0 Å². The first kappa shape index (κ1) is 7.86. The Morgan fingerprint density at radius 1 is 1.60 bits per heavy atom. The highest BCUT2D eigenvalue weighted by Crippen LogP contribution is 2.28. The van der Waals surface area contributed by atoms with E-state index < -0.39 is 0 Å². The summed E-state index contributed by atoms with van der Waals surface area (Å²) in [6.45, 7) is 6.01. The maximum atomic E-state index is 10.9. The number of hydrogen-bond donors (Lipinski definition) is 0. The predicted molar refractivity (Wildman–Crippen MR) is 41.1 cm³/mol. The summed E-state index contributed by atoms with van der Waals surface area (Å²) in [4.78, 5) is 12.7. The molecule has 1 heterocycles. The fourth-order valence-electron chi connectivity index (χ4n) is 1.25. The lowest BCUT2D eigenvalue weighted by Gasteiger charge is -2.45. The van der Waals surface area contributed by atoms with Gasteiger partial charge in [0.1, 0.15) is 5.88 Å². The minimum Gasteiger partial charge on any atom is -0.340 e. The monoisotopic (exact) mass is 161 g/mol. The minimum absolute atomic E-state index is 0.0565. The molecule has 0 unspecified atom stereocenters. The van der Waals surface area contributed by atoms with Crippen molar-refractivity contribution in [2.24, 2.45) is 5.41 Å². The van der Waals surface area contributed by atoms with Gasteiger partial charge in [0.25, 0.3) is 0 Å². The van der Waals surface area contributed by atoms with E-state index in [1.54, 1.807) is 4.90 Å². The zero-order chi connectivity index (χ0) is 7.78. The summed E-state index contributed by atoms with van der Waals surface area (Å²) in [5.41, 5.74) is 0.321. The largest absolute Gasteiger partial charge is 0.340 e. The molecule has 1 aliphatic heterocycles. The molecule has 0 bridgehead atoms. The summed E-state index contributed by atoms with van der Waals surface area (Å²) in [6.07, 6.45) is 0. The molecule has 0 N–H and O–H groups in total. The molecule has 1 fully saturated rings. The Balaban J connectivity index is 2.33. The summed E-state index contributed by atoms with van der Waals surface area (Å²) in [5, 5.41) is 0. The fraction of sp³-hybridized carbons (Fsp3) is 0.857. The van der Waals surface area contributed by atoms with Crippen molar-refractivity contribution >= 4 is 17.5 Å². The van der Waals surface area contributed by atoms with Crippen molar-refractivity contribution in [3.63, 3.8) is 0 Å². The van der Waals surface area contributed by atoms with Crippen molar-refractivity contribution in [3.8, 4) is 0 Å². The van der Waals surface area contributed by atoms with Crippen LogP contribution in [0.3, 0.4) is 0 Å². The molecule has 58 valence electrons. The van der Waals surface area contributed by atoms with Gasteiger partial charge in [-0.1, -0.05) is 13.8 Å². The van der Waals surface area contributed by atoms with Gasteiger partial charge in [-0.15, -0.1) is 11.6 Å². The van der Waals surface area contributed by atoms with Crippen LogP contribution < -0.4 is 0 Å². The molecular weight excluding hydrogens is 150 g/mol. The van der Waals surface area contributed by atoms with Gasteiger partial charge in [-0.05, 0) is 5.41 Å². The number of carbonyl (C=O) groups excluding carboxylic acids is 1. The number of amides is 1. The average Bonchev–Trinajstić information content (AvgIpc) is 1.81. The van der Waals surface area contributed by atoms with E-state index in [0.717, 1.165) is 13.1 Å². The quantitative estimate of drug-likeness (QED) is 0.528. The van der Waals surface area contributed by atoms with Gasteiger partial charge in [-0.25, -0.2) is 0 Å². The van der Waals surface area contributed by atoms with Crippen LogP contribution in [-0.2, 0) is 4.79 Å². The molecule has 0 aromatic heterocycles. The van der Waals surface area contributed by atoms with Crippen LogP contribution in [-0.4, -0.2) is 29.8 Å². The summed E-state index contributed by atoms with van der Waals surface area (Å²) < 4.78 is 0. The van der Waals surface area contributed by atoms with Crippen LogP contribution in [0.5, 0.6) is 0 Å². The van der Waals surface area contributed by atoms with Crippen molar-refractivity contribution in [2.45, 2.75) is 13.8 Å². The molecule has 1 rings (SSSR count). The van der Waals surface area contributed by atoms with Gasteiger partial charge in [-0.2, -0.15) is 0 Å². The number of carbonyl (C=O) groups is 1. The third-order valence-electron chi connectivity index (χ3n) is 1.70. The second kappa shape index (κ2) is 2.42. The lowest BCUT2D eigenvalue weighted by atomic mass is 9.84. The summed E-state index contributed by atoms with van der Waals surface area (Å²) in [5.74, 6) is 0.178. The smallest absolute Gasteiger partial charge is 0.237 e. The molecule has 0 atom stereocenters. The number of alkyl halides is 1. The molecule has 2 nitrogen and oxygen atoms in total. The van der Waals surface area contributed by atoms with Crippen LogP contribution in [0, 0.1) is 5.41 Å². The van der Waals surface area contributed by atoms with Crippen LogP contribution in [0.2, 0.25) is 0 Å². The van der Waals surface area contributed by atoms with Crippen molar-refractivity contribution in [2.75, 3.05) is 19.0 Å². The maximum Gasteiger partial charge on any atom is 0.237 e. The summed E-state index contributed by atoms with van der Waals surface area (Å²) in [7, 11) is 0. The summed E-state index contributed by atoms with van der Waals surface area (Å²) in [6, 6.07) is 0. The molecule has 0 spiro atoms. The minimum atomic E-state index is 0.0565. The summed E-state index contributed by atoms with van der Waals surface area (Å²) >= 11 is 5.36. The van der Waals surface area contributed by atoms with Gasteiger partial charge in [0, 0.05) is 13.1 Å². The molecule has 0 aromatic carbocycles. The number of hydrogen-bond acceptors (Lipinski definition) is 1. The predicted octanol–water partition coefficient (Wildman–Crippen LogP) is 1.09. The van der Waals surface area contributed by atoms with Crippen LogP contribution in [0.4, 0.5) is 0 Å². The standard InChI is InChI=1S/C7H12ClNO/c1-7(2)4-9(5-7)6(10)3-8/h3-5H2,1-2H3. The zero-order valence-corrected chi connectivity index (χ0v) is 7.11. The van der Waals surface area contributed by atoms with Crippen molar-refractivity contribution in [1.82, 2.24) is 4.90 Å². The van der Waals surface area contributed by atoms with E-state index in [1.165, 1.54) is 0 Å². The number of rotatable bonds is 1. The maximum absolute atomic E-state index is 10.9. The van der Waals surface area contributed by atoms with E-state index in [4.69, 9.17) is 11.6 Å². The van der Waals surface area contributed by atoms with Gasteiger partial charge in [-0.3, -0.25) is 4.79 Å². The molecule has 0 aliphatic carbocycles. The van der Waals surface area contributed by atoms with Crippen LogP contribution in [0.1, 0.15) is 13.8 Å². The molecule has 0 radical (unpaired) electrons. The topological polar surface area (TPSA) is 20.3 Å². The van der Waals surface area contributed by atoms with E-state index in [9.17, 15) is 4.79 Å². The molecule has 0 saturated carbocycles. The molecule has 10 heavy (non-hydrogen) atoms. The Morgan fingerprint density at radius 3 is 2.40 bits per heavy atom. The first-order chi connectivity index (χ1) is 4.55. The van der Waals surface area contributed by atoms with Gasteiger partial charge in [0.15, 0.2) is 0 Å². The molecule has 3 heteroatoms. The Kier molecular flexibility index (Phi) is 1.90. The third-order valence-corrected chi connectivity index (χ3v) is 1.93. The van der Waals surface area contributed by atoms with Crippen LogP contribution in [0.15, 0.2) is 0 Å². The molecule has 0 aromatic rings. The van der Waals surface area contributed by atoms with Gasteiger partial charge in [0.2, 0.25) is 5.91 Å². The van der Waals surface area contributed by atoms with E-state index in [-0.39, 0.29) is 11.8 Å². The third kappa shape index (κ3) is 1.43. The van der Waals surface area contributed by atoms with E-state index in [2.05, 4.69) is 13.8 Å². The van der Waals surface area contributed by atoms with Crippen LogP contribution >= 0.6 is 11.6 Å². The van der Waals surface area contributed by atoms with Gasteiger partial charge >= 0.3 is 0 Å². The molecule has 1 amide bonds. The van der Waals surface area contributed by atoms with E-state index in [1.807, 2.05) is 0 Å². The molecular formula is C7H12ClNO. The van der Waals surface area contributed by atoms with Gasteiger partial charge in [0.05, 0.1) is 0 Å². The Bertz CT molecular complexity index is 148. The highest BCUT2D eigenvalue weighted by Gasteiger charge is 2.36. The highest BCUT2D eigenvalue weighted by atomic mass is 35.5. The Labute approximate surface area is 66.1 Å². The number of nitrogens with zero attached hydrogens (tertiary/aromatic N) is 1. The van der Waals surface area contributed by atoms with E-state index >= 15 is 0 Å². The van der Waals surface area contributed by atoms with Crippen molar-refractivity contribution in [3.05, 3.63) is 0 Å².